The first kappa shape index (κ1) is 18.0. The molecule has 1 N–H and O–H groups in total. The molecule has 1 atom stereocenters. The minimum Gasteiger partial charge on any atom is -0.480 e. The number of ether oxygens (including phenoxy) is 1. The van der Waals surface area contributed by atoms with E-state index in [-0.39, 0.29) is 19.0 Å². The summed E-state index contributed by atoms with van der Waals surface area (Å²) < 4.78 is 23.5. The summed E-state index contributed by atoms with van der Waals surface area (Å²) in [5, 5.41) is 13.4. The summed E-state index contributed by atoms with van der Waals surface area (Å²) in [7, 11) is 1.52. The Morgan fingerprint density at radius 1 is 1.50 bits per heavy atom. The maximum absolute atomic E-state index is 13.5. The quantitative estimate of drug-likeness (QED) is 0.790. The van der Waals surface area contributed by atoms with Gasteiger partial charge in [0.05, 0.1) is 6.54 Å². The number of carbonyl (C=O) groups is 1. The van der Waals surface area contributed by atoms with E-state index in [2.05, 4.69) is 10.1 Å². The zero-order valence-electron chi connectivity index (χ0n) is 13.8. The van der Waals surface area contributed by atoms with Crippen LogP contribution in [-0.2, 0) is 22.7 Å². The lowest BCUT2D eigenvalue weighted by Gasteiger charge is -2.26. The van der Waals surface area contributed by atoms with Gasteiger partial charge in [-0.3, -0.25) is 9.69 Å². The van der Waals surface area contributed by atoms with Crippen molar-refractivity contribution in [1.82, 2.24) is 15.0 Å². The molecule has 0 aliphatic heterocycles. The van der Waals surface area contributed by atoms with Gasteiger partial charge in [-0.2, -0.15) is 4.98 Å². The monoisotopic (exact) mass is 337 g/mol. The van der Waals surface area contributed by atoms with Crippen molar-refractivity contribution in [2.24, 2.45) is 0 Å². The molecule has 0 radical (unpaired) electrons. The lowest BCUT2D eigenvalue weighted by Crippen LogP contribution is -2.33. The minimum atomic E-state index is -1.03. The fourth-order valence-corrected chi connectivity index (χ4v) is 2.45. The van der Waals surface area contributed by atoms with Crippen LogP contribution in [0, 0.1) is 12.7 Å². The van der Waals surface area contributed by atoms with Gasteiger partial charge in [0.2, 0.25) is 5.89 Å². The largest absolute Gasteiger partial charge is 0.480 e. The number of carboxylic acids is 1. The summed E-state index contributed by atoms with van der Waals surface area (Å²) >= 11 is 0. The van der Waals surface area contributed by atoms with Crippen LogP contribution in [0.25, 0.3) is 0 Å². The molecule has 0 saturated heterocycles. The fraction of sp³-hybridized carbons (Fsp3) is 0.438. The molecule has 24 heavy (non-hydrogen) atoms. The number of benzene rings is 1. The molecule has 0 saturated carbocycles. The molecule has 0 bridgehead atoms. The Bertz CT molecular complexity index is 704. The second kappa shape index (κ2) is 7.98. The maximum Gasteiger partial charge on any atom is 0.325 e. The van der Waals surface area contributed by atoms with Gasteiger partial charge in [0.25, 0.3) is 0 Å². The zero-order valence-corrected chi connectivity index (χ0v) is 13.8. The molecular weight excluding hydrogens is 317 g/mol. The summed E-state index contributed by atoms with van der Waals surface area (Å²) in [6.45, 7) is 4.26. The second-order valence-corrected chi connectivity index (χ2v) is 5.35. The number of methoxy groups -OCH3 is 1. The highest BCUT2D eigenvalue weighted by atomic mass is 19.1. The van der Waals surface area contributed by atoms with Gasteiger partial charge in [-0.1, -0.05) is 24.2 Å². The topological polar surface area (TPSA) is 88.7 Å². The number of hydrogen-bond donors (Lipinski definition) is 1. The zero-order chi connectivity index (χ0) is 17.7. The van der Waals surface area contributed by atoms with Gasteiger partial charge in [-0.15, -0.1) is 0 Å². The first-order valence-corrected chi connectivity index (χ1v) is 7.49. The Kier molecular flexibility index (Phi) is 5.99. The van der Waals surface area contributed by atoms with Gasteiger partial charge in [-0.05, 0) is 30.7 Å². The molecule has 0 fully saturated rings. The van der Waals surface area contributed by atoms with Crippen molar-refractivity contribution in [2.75, 3.05) is 13.7 Å². The Morgan fingerprint density at radius 2 is 2.25 bits per heavy atom. The van der Waals surface area contributed by atoms with Crippen LogP contribution < -0.4 is 0 Å². The predicted octanol–water partition coefficient (Wildman–Crippen LogP) is 2.31. The van der Waals surface area contributed by atoms with Crippen LogP contribution in [0.4, 0.5) is 4.39 Å². The molecule has 1 aromatic heterocycles. The molecule has 0 amide bonds. The number of nitrogens with zero attached hydrogens (tertiary/aromatic N) is 3. The molecule has 2 aromatic rings. The number of aryl methyl sites for hydroxylation is 1. The summed E-state index contributed by atoms with van der Waals surface area (Å²) in [6.07, 6.45) is 0. The van der Waals surface area contributed by atoms with E-state index in [1.54, 1.807) is 17.9 Å². The predicted molar refractivity (Wildman–Crippen MR) is 82.6 cm³/mol. The number of aliphatic carboxylic acids is 1. The third-order valence-electron chi connectivity index (χ3n) is 3.62. The summed E-state index contributed by atoms with van der Waals surface area (Å²) in [5.74, 6) is -0.700. The van der Waals surface area contributed by atoms with Gasteiger partial charge in [0.15, 0.2) is 5.82 Å². The number of hydrogen-bond acceptors (Lipinski definition) is 6. The number of halogens is 1. The van der Waals surface area contributed by atoms with Crippen molar-refractivity contribution in [2.45, 2.75) is 33.0 Å². The molecule has 0 spiro atoms. The molecule has 0 aliphatic rings. The average Bonchev–Trinajstić information content (AvgIpc) is 2.97. The number of carboxylic acid groups (broad SMARTS) is 1. The van der Waals surface area contributed by atoms with E-state index in [4.69, 9.17) is 9.26 Å². The van der Waals surface area contributed by atoms with Crippen molar-refractivity contribution in [3.63, 3.8) is 0 Å². The van der Waals surface area contributed by atoms with Crippen molar-refractivity contribution >= 4 is 5.97 Å². The first-order chi connectivity index (χ1) is 11.5. The first-order valence-electron chi connectivity index (χ1n) is 7.49. The van der Waals surface area contributed by atoms with Gasteiger partial charge in [0.1, 0.15) is 18.5 Å². The highest BCUT2D eigenvalue weighted by Gasteiger charge is 2.28. The highest BCUT2D eigenvalue weighted by Crippen LogP contribution is 2.24. The SMILES string of the molecule is CCN(Cc1nc(COC)no1)[C@H](C(=O)O)c1ccc(F)c(C)c1. The van der Waals surface area contributed by atoms with E-state index in [9.17, 15) is 14.3 Å². The van der Waals surface area contributed by atoms with Gasteiger partial charge in [-0.25, -0.2) is 4.39 Å². The second-order valence-electron chi connectivity index (χ2n) is 5.35. The van der Waals surface area contributed by atoms with E-state index in [0.29, 0.717) is 29.4 Å². The Balaban J connectivity index is 2.25. The number of likely N-dealkylation sites (N-methyl/N-ethyl adjacent to an activating group) is 1. The van der Waals surface area contributed by atoms with Crippen LogP contribution in [0.5, 0.6) is 0 Å². The Morgan fingerprint density at radius 3 is 2.83 bits per heavy atom. The molecular formula is C16H20FN3O4. The molecule has 0 unspecified atom stereocenters. The number of rotatable bonds is 8. The molecule has 1 heterocycles. The third kappa shape index (κ3) is 4.15. The average molecular weight is 337 g/mol. The van der Waals surface area contributed by atoms with Crippen LogP contribution in [0.1, 0.15) is 35.8 Å². The smallest absolute Gasteiger partial charge is 0.325 e. The third-order valence-corrected chi connectivity index (χ3v) is 3.62. The van der Waals surface area contributed by atoms with Gasteiger partial charge < -0.3 is 14.4 Å². The molecule has 8 heteroatoms. The lowest BCUT2D eigenvalue weighted by atomic mass is 10.0. The normalized spacial score (nSPS) is 12.5. The van der Waals surface area contributed by atoms with E-state index in [1.807, 2.05) is 6.92 Å². The number of aromatic nitrogens is 2. The van der Waals surface area contributed by atoms with E-state index >= 15 is 0 Å². The van der Waals surface area contributed by atoms with Crippen LogP contribution in [0.3, 0.4) is 0 Å². The van der Waals surface area contributed by atoms with Crippen molar-refractivity contribution in [3.05, 3.63) is 46.9 Å². The van der Waals surface area contributed by atoms with Crippen molar-refractivity contribution in [1.29, 1.82) is 0 Å². The molecule has 1 aromatic carbocycles. The van der Waals surface area contributed by atoms with Crippen LogP contribution in [0.15, 0.2) is 22.7 Å². The Hall–Kier alpha value is -2.32. The van der Waals surface area contributed by atoms with Gasteiger partial charge in [0, 0.05) is 7.11 Å². The van der Waals surface area contributed by atoms with Crippen LogP contribution >= 0.6 is 0 Å². The van der Waals surface area contributed by atoms with Crippen molar-refractivity contribution in [3.8, 4) is 0 Å². The van der Waals surface area contributed by atoms with E-state index < -0.39 is 12.0 Å². The van der Waals surface area contributed by atoms with E-state index in [0.717, 1.165) is 0 Å². The minimum absolute atomic E-state index is 0.167. The highest BCUT2D eigenvalue weighted by molar-refractivity contribution is 5.75. The maximum atomic E-state index is 13.5. The van der Waals surface area contributed by atoms with Gasteiger partial charge >= 0.3 is 5.97 Å². The molecule has 7 nitrogen and oxygen atoms in total. The summed E-state index contributed by atoms with van der Waals surface area (Å²) in [4.78, 5) is 17.6. The fourth-order valence-electron chi connectivity index (χ4n) is 2.45. The van der Waals surface area contributed by atoms with Crippen molar-refractivity contribution < 1.29 is 23.6 Å². The molecule has 0 aliphatic carbocycles. The Labute approximate surface area is 139 Å². The van der Waals surface area contributed by atoms with E-state index in [1.165, 1.54) is 19.2 Å². The van der Waals surface area contributed by atoms with Crippen LogP contribution in [-0.4, -0.2) is 39.8 Å². The summed E-state index contributed by atoms with van der Waals surface area (Å²) in [6, 6.07) is 3.36. The lowest BCUT2D eigenvalue weighted by molar-refractivity contribution is -0.144. The molecule has 130 valence electrons. The van der Waals surface area contributed by atoms with Crippen LogP contribution in [0.2, 0.25) is 0 Å². The molecule has 2 rings (SSSR count). The standard InChI is InChI=1S/C16H20FN3O4/c1-4-20(8-14-18-13(9-23-3)19-24-14)15(16(21)22)11-5-6-12(17)10(2)7-11/h5-7,15H,4,8-9H2,1-3H3,(H,21,22)/t15-/m0/s1. The summed E-state index contributed by atoms with van der Waals surface area (Å²) in [5.41, 5.74) is 0.898.